The van der Waals surface area contributed by atoms with E-state index in [1.807, 2.05) is 0 Å². The summed E-state index contributed by atoms with van der Waals surface area (Å²) in [5.74, 6) is 2.51. The quantitative estimate of drug-likeness (QED) is 0.919. The third-order valence-corrected chi connectivity index (χ3v) is 5.59. The molecule has 3 heteroatoms. The van der Waals surface area contributed by atoms with Crippen molar-refractivity contribution in [2.75, 3.05) is 32.1 Å². The molecule has 2 nitrogen and oxygen atoms in total. The van der Waals surface area contributed by atoms with Crippen molar-refractivity contribution in [1.82, 2.24) is 10.2 Å². The number of thioether (sulfide) groups is 1. The van der Waals surface area contributed by atoms with Gasteiger partial charge in [-0.2, -0.15) is 11.8 Å². The molecule has 1 aromatic carbocycles. The van der Waals surface area contributed by atoms with E-state index in [1.54, 1.807) is 0 Å². The monoisotopic (exact) mass is 292 g/mol. The van der Waals surface area contributed by atoms with Crippen molar-refractivity contribution in [3.8, 4) is 0 Å². The molecule has 0 aliphatic carbocycles. The second kappa shape index (κ2) is 6.97. The van der Waals surface area contributed by atoms with Crippen LogP contribution < -0.4 is 5.32 Å². The zero-order valence-corrected chi connectivity index (χ0v) is 14.3. The Hall–Kier alpha value is -0.510. The standard InChI is InChI=1S/C17H28N2S/c1-12-8-13(2)15(14(3)9-12)10-16(18-4)17-11-20-7-6-19(17)5/h8-9,16-18H,6-7,10-11H2,1-5H3. The van der Waals surface area contributed by atoms with Crippen molar-refractivity contribution in [2.24, 2.45) is 0 Å². The van der Waals surface area contributed by atoms with E-state index < -0.39 is 0 Å². The average Bonchev–Trinajstić information content (AvgIpc) is 2.39. The molecule has 112 valence electrons. The van der Waals surface area contributed by atoms with Crippen LogP contribution in [0.1, 0.15) is 22.3 Å². The Morgan fingerprint density at radius 1 is 1.30 bits per heavy atom. The molecule has 0 amide bonds. The predicted octanol–water partition coefficient (Wildman–Crippen LogP) is 2.79. The number of benzene rings is 1. The number of nitrogens with one attached hydrogen (secondary N) is 1. The van der Waals surface area contributed by atoms with E-state index >= 15 is 0 Å². The maximum Gasteiger partial charge on any atom is 0.0340 e. The summed E-state index contributed by atoms with van der Waals surface area (Å²) in [4.78, 5) is 2.52. The average molecular weight is 292 g/mol. The van der Waals surface area contributed by atoms with Gasteiger partial charge in [-0.1, -0.05) is 17.7 Å². The lowest BCUT2D eigenvalue weighted by molar-refractivity contribution is 0.219. The Labute approximate surface area is 128 Å². The number of nitrogens with zero attached hydrogens (tertiary/aromatic N) is 1. The van der Waals surface area contributed by atoms with Crippen molar-refractivity contribution in [1.29, 1.82) is 0 Å². The minimum Gasteiger partial charge on any atom is -0.315 e. The molecule has 0 bridgehead atoms. The van der Waals surface area contributed by atoms with Gasteiger partial charge in [0.25, 0.3) is 0 Å². The van der Waals surface area contributed by atoms with Crippen molar-refractivity contribution in [2.45, 2.75) is 39.3 Å². The number of likely N-dealkylation sites (N-methyl/N-ethyl adjacent to an activating group) is 2. The fourth-order valence-electron chi connectivity index (χ4n) is 3.31. The molecule has 1 heterocycles. The number of rotatable bonds is 4. The summed E-state index contributed by atoms with van der Waals surface area (Å²) >= 11 is 2.09. The third kappa shape index (κ3) is 3.57. The van der Waals surface area contributed by atoms with Gasteiger partial charge in [-0.05, 0) is 58.0 Å². The van der Waals surface area contributed by atoms with Gasteiger partial charge in [-0.3, -0.25) is 0 Å². The highest BCUT2D eigenvalue weighted by molar-refractivity contribution is 7.99. The Morgan fingerprint density at radius 3 is 2.50 bits per heavy atom. The SMILES string of the molecule is CNC(Cc1c(C)cc(C)cc1C)C1CSCCN1C. The molecule has 0 radical (unpaired) electrons. The maximum atomic E-state index is 3.56. The van der Waals surface area contributed by atoms with E-state index in [9.17, 15) is 0 Å². The maximum absolute atomic E-state index is 3.56. The lowest BCUT2D eigenvalue weighted by Gasteiger charge is -2.38. The Bertz CT molecular complexity index is 435. The first-order valence-corrected chi connectivity index (χ1v) is 8.70. The molecular weight excluding hydrogens is 264 g/mol. The van der Waals surface area contributed by atoms with Gasteiger partial charge in [0, 0.05) is 30.1 Å². The molecule has 1 fully saturated rings. The summed E-state index contributed by atoms with van der Waals surface area (Å²) < 4.78 is 0. The largest absolute Gasteiger partial charge is 0.315 e. The van der Waals surface area contributed by atoms with E-state index in [0.29, 0.717) is 12.1 Å². The molecule has 1 N–H and O–H groups in total. The molecule has 1 aliphatic heterocycles. The van der Waals surface area contributed by atoms with E-state index in [4.69, 9.17) is 0 Å². The molecule has 2 unspecified atom stereocenters. The Kier molecular flexibility index (Phi) is 5.53. The summed E-state index contributed by atoms with van der Waals surface area (Å²) in [5, 5.41) is 3.56. The van der Waals surface area contributed by atoms with Crippen molar-refractivity contribution in [3.63, 3.8) is 0 Å². The lowest BCUT2D eigenvalue weighted by Crippen LogP contribution is -2.52. The van der Waals surface area contributed by atoms with Crippen molar-refractivity contribution >= 4 is 11.8 Å². The second-order valence-corrected chi connectivity index (χ2v) is 7.25. The van der Waals surface area contributed by atoms with E-state index in [-0.39, 0.29) is 0 Å². The van der Waals surface area contributed by atoms with Gasteiger partial charge in [-0.25, -0.2) is 0 Å². The van der Waals surface area contributed by atoms with Gasteiger partial charge in [0.2, 0.25) is 0 Å². The fraction of sp³-hybridized carbons (Fsp3) is 0.647. The second-order valence-electron chi connectivity index (χ2n) is 6.10. The topological polar surface area (TPSA) is 15.3 Å². The third-order valence-electron chi connectivity index (χ3n) is 4.54. The van der Waals surface area contributed by atoms with Crippen LogP contribution in [0.3, 0.4) is 0 Å². The molecule has 0 spiro atoms. The number of aryl methyl sites for hydroxylation is 3. The summed E-state index contributed by atoms with van der Waals surface area (Å²) in [6, 6.07) is 5.80. The number of hydrogen-bond acceptors (Lipinski definition) is 3. The molecule has 2 atom stereocenters. The van der Waals surface area contributed by atoms with Gasteiger partial charge >= 0.3 is 0 Å². The zero-order valence-electron chi connectivity index (χ0n) is 13.5. The van der Waals surface area contributed by atoms with Gasteiger partial charge < -0.3 is 10.2 Å². The Morgan fingerprint density at radius 2 is 1.95 bits per heavy atom. The minimum absolute atomic E-state index is 0.535. The molecule has 20 heavy (non-hydrogen) atoms. The summed E-state index contributed by atoms with van der Waals surface area (Å²) in [6.45, 7) is 7.90. The van der Waals surface area contributed by atoms with Crippen LogP contribution in [0, 0.1) is 20.8 Å². The van der Waals surface area contributed by atoms with Gasteiger partial charge in [0.1, 0.15) is 0 Å². The van der Waals surface area contributed by atoms with Gasteiger partial charge in [-0.15, -0.1) is 0 Å². The smallest absolute Gasteiger partial charge is 0.0340 e. The van der Waals surface area contributed by atoms with Crippen LogP contribution in [0.5, 0.6) is 0 Å². The molecular formula is C17H28N2S. The van der Waals surface area contributed by atoms with Crippen LogP contribution in [-0.2, 0) is 6.42 Å². The van der Waals surface area contributed by atoms with E-state index in [2.05, 4.69) is 69.0 Å². The highest BCUT2D eigenvalue weighted by Crippen LogP contribution is 2.23. The van der Waals surface area contributed by atoms with E-state index in [1.165, 1.54) is 40.3 Å². The minimum atomic E-state index is 0.535. The van der Waals surface area contributed by atoms with Crippen LogP contribution in [0.25, 0.3) is 0 Å². The van der Waals surface area contributed by atoms with Crippen molar-refractivity contribution in [3.05, 3.63) is 34.4 Å². The van der Waals surface area contributed by atoms with Crippen LogP contribution >= 0.6 is 11.8 Å². The normalized spacial score (nSPS) is 21.9. The predicted molar refractivity (Wildman–Crippen MR) is 90.9 cm³/mol. The molecule has 0 aromatic heterocycles. The fourth-order valence-corrected chi connectivity index (χ4v) is 4.62. The van der Waals surface area contributed by atoms with E-state index in [0.717, 1.165) is 6.42 Å². The van der Waals surface area contributed by atoms with Crippen LogP contribution in [0.15, 0.2) is 12.1 Å². The lowest BCUT2D eigenvalue weighted by atomic mass is 9.91. The van der Waals surface area contributed by atoms with Crippen LogP contribution in [0.2, 0.25) is 0 Å². The Balaban J connectivity index is 2.18. The summed E-state index contributed by atoms with van der Waals surface area (Å²) in [7, 11) is 4.38. The molecule has 1 aliphatic rings. The summed E-state index contributed by atoms with van der Waals surface area (Å²) in [5.41, 5.74) is 5.77. The summed E-state index contributed by atoms with van der Waals surface area (Å²) in [6.07, 6.45) is 1.13. The molecule has 2 rings (SSSR count). The van der Waals surface area contributed by atoms with Crippen LogP contribution in [-0.4, -0.2) is 49.1 Å². The van der Waals surface area contributed by atoms with Crippen molar-refractivity contribution < 1.29 is 0 Å². The first-order valence-electron chi connectivity index (χ1n) is 7.55. The first-order chi connectivity index (χ1) is 9.52. The first kappa shape index (κ1) is 15.9. The van der Waals surface area contributed by atoms with Crippen LogP contribution in [0.4, 0.5) is 0 Å². The molecule has 1 aromatic rings. The molecule has 0 saturated carbocycles. The highest BCUT2D eigenvalue weighted by Gasteiger charge is 2.27. The highest BCUT2D eigenvalue weighted by atomic mass is 32.2. The zero-order chi connectivity index (χ0) is 14.7. The van der Waals surface area contributed by atoms with Gasteiger partial charge in [0.05, 0.1) is 0 Å². The molecule has 1 saturated heterocycles. The number of hydrogen-bond donors (Lipinski definition) is 1. The van der Waals surface area contributed by atoms with Gasteiger partial charge in [0.15, 0.2) is 0 Å².